The Kier molecular flexibility index (Phi) is 8.19. The Morgan fingerprint density at radius 1 is 0.902 bits per heavy atom. The van der Waals surface area contributed by atoms with Gasteiger partial charge >= 0.3 is 0 Å². The summed E-state index contributed by atoms with van der Waals surface area (Å²) in [5.41, 5.74) is 2.88. The SMILES string of the molecule is COc1ccc(CN(C(=O)Cn2nnc3ccccc32)C(C(=O)Nc2ccc(OC)cc2)c2cccc(F)c2)cc1. The third-order valence-electron chi connectivity index (χ3n) is 6.62. The van der Waals surface area contributed by atoms with E-state index in [4.69, 9.17) is 9.47 Å². The van der Waals surface area contributed by atoms with Crippen molar-refractivity contribution in [2.45, 2.75) is 19.1 Å². The molecule has 1 N–H and O–H groups in total. The summed E-state index contributed by atoms with van der Waals surface area (Å²) >= 11 is 0. The zero-order chi connectivity index (χ0) is 28.8. The Balaban J connectivity index is 1.54. The number of ether oxygens (including phenoxy) is 2. The van der Waals surface area contributed by atoms with Crippen molar-refractivity contribution < 1.29 is 23.5 Å². The first kappa shape index (κ1) is 27.3. The first-order valence-corrected chi connectivity index (χ1v) is 12.9. The molecule has 10 heteroatoms. The summed E-state index contributed by atoms with van der Waals surface area (Å²) in [6, 6.07) is 25.8. The Labute approximate surface area is 236 Å². The highest BCUT2D eigenvalue weighted by Crippen LogP contribution is 2.28. The number of benzene rings is 4. The number of anilines is 1. The summed E-state index contributed by atoms with van der Waals surface area (Å²) in [5.74, 6) is -0.161. The van der Waals surface area contributed by atoms with Gasteiger partial charge in [0.1, 0.15) is 35.4 Å². The van der Waals surface area contributed by atoms with E-state index in [-0.39, 0.29) is 13.1 Å². The van der Waals surface area contributed by atoms with Gasteiger partial charge in [0, 0.05) is 12.2 Å². The van der Waals surface area contributed by atoms with Crippen molar-refractivity contribution in [1.82, 2.24) is 19.9 Å². The number of nitrogens with zero attached hydrogens (tertiary/aromatic N) is 4. The fourth-order valence-corrected chi connectivity index (χ4v) is 4.54. The summed E-state index contributed by atoms with van der Waals surface area (Å²) in [6.07, 6.45) is 0. The molecule has 41 heavy (non-hydrogen) atoms. The van der Waals surface area contributed by atoms with Gasteiger partial charge in [-0.05, 0) is 71.8 Å². The monoisotopic (exact) mass is 553 g/mol. The highest BCUT2D eigenvalue weighted by molar-refractivity contribution is 5.98. The number of para-hydroxylation sites is 1. The fraction of sp³-hybridized carbons (Fsp3) is 0.161. The van der Waals surface area contributed by atoms with E-state index < -0.39 is 23.7 Å². The van der Waals surface area contributed by atoms with Crippen LogP contribution in [0.3, 0.4) is 0 Å². The number of fused-ring (bicyclic) bond motifs is 1. The molecule has 0 saturated carbocycles. The molecule has 5 aromatic rings. The molecule has 9 nitrogen and oxygen atoms in total. The average Bonchev–Trinajstić information content (AvgIpc) is 3.40. The molecule has 0 bridgehead atoms. The molecule has 1 unspecified atom stereocenters. The van der Waals surface area contributed by atoms with Crippen LogP contribution in [0.25, 0.3) is 11.0 Å². The molecule has 0 saturated heterocycles. The van der Waals surface area contributed by atoms with Gasteiger partial charge in [0.15, 0.2) is 0 Å². The predicted octanol–water partition coefficient (Wildman–Crippen LogP) is 5.00. The molecule has 0 radical (unpaired) electrons. The lowest BCUT2D eigenvalue weighted by molar-refractivity contribution is -0.140. The van der Waals surface area contributed by atoms with Gasteiger partial charge in [0.25, 0.3) is 5.91 Å². The molecule has 1 heterocycles. The van der Waals surface area contributed by atoms with E-state index in [1.165, 1.54) is 27.8 Å². The molecule has 0 spiro atoms. The van der Waals surface area contributed by atoms with E-state index in [2.05, 4.69) is 15.6 Å². The van der Waals surface area contributed by atoms with Gasteiger partial charge in [-0.1, -0.05) is 41.6 Å². The maximum Gasteiger partial charge on any atom is 0.251 e. The third kappa shape index (κ3) is 6.33. The van der Waals surface area contributed by atoms with Gasteiger partial charge in [-0.2, -0.15) is 0 Å². The van der Waals surface area contributed by atoms with Gasteiger partial charge in [0.2, 0.25) is 5.91 Å². The molecule has 0 aliphatic carbocycles. The zero-order valence-corrected chi connectivity index (χ0v) is 22.5. The number of halogens is 1. The van der Waals surface area contributed by atoms with Crippen LogP contribution in [0.4, 0.5) is 10.1 Å². The van der Waals surface area contributed by atoms with Crippen LogP contribution in [-0.2, 0) is 22.7 Å². The normalized spacial score (nSPS) is 11.6. The quantitative estimate of drug-likeness (QED) is 0.262. The molecule has 2 amide bonds. The average molecular weight is 554 g/mol. The summed E-state index contributed by atoms with van der Waals surface area (Å²) in [7, 11) is 3.12. The van der Waals surface area contributed by atoms with Crippen LogP contribution in [0, 0.1) is 5.82 Å². The Morgan fingerprint density at radius 2 is 1.59 bits per heavy atom. The number of aromatic nitrogens is 3. The van der Waals surface area contributed by atoms with E-state index in [0.29, 0.717) is 33.8 Å². The van der Waals surface area contributed by atoms with Crippen molar-refractivity contribution in [3.05, 3.63) is 114 Å². The minimum Gasteiger partial charge on any atom is -0.497 e. The molecule has 1 atom stereocenters. The van der Waals surface area contributed by atoms with Gasteiger partial charge in [-0.3, -0.25) is 9.59 Å². The Hall–Kier alpha value is -5.25. The molecule has 0 aliphatic heterocycles. The third-order valence-corrected chi connectivity index (χ3v) is 6.62. The van der Waals surface area contributed by atoms with Crippen LogP contribution in [-0.4, -0.2) is 45.9 Å². The fourth-order valence-electron chi connectivity index (χ4n) is 4.54. The maximum atomic E-state index is 14.5. The highest BCUT2D eigenvalue weighted by atomic mass is 19.1. The molecular weight excluding hydrogens is 525 g/mol. The van der Waals surface area contributed by atoms with Crippen molar-refractivity contribution in [3.63, 3.8) is 0 Å². The molecule has 5 rings (SSSR count). The van der Waals surface area contributed by atoms with E-state index >= 15 is 0 Å². The predicted molar refractivity (Wildman–Crippen MR) is 152 cm³/mol. The number of rotatable bonds is 10. The standard InChI is InChI=1S/C31H28FN5O4/c1-40-25-14-10-21(11-15-25)19-36(29(38)20-37-28-9-4-3-8-27(28)34-35-37)30(22-6-5-7-23(32)18-22)31(39)33-24-12-16-26(41-2)17-13-24/h3-18,30H,19-20H2,1-2H3,(H,33,39). The highest BCUT2D eigenvalue weighted by Gasteiger charge is 2.32. The molecule has 0 fully saturated rings. The van der Waals surface area contributed by atoms with E-state index in [9.17, 15) is 14.0 Å². The molecule has 208 valence electrons. The van der Waals surface area contributed by atoms with Crippen molar-refractivity contribution >= 4 is 28.5 Å². The second-order valence-electron chi connectivity index (χ2n) is 9.28. The van der Waals surface area contributed by atoms with Crippen LogP contribution < -0.4 is 14.8 Å². The van der Waals surface area contributed by atoms with Crippen molar-refractivity contribution in [1.29, 1.82) is 0 Å². The van der Waals surface area contributed by atoms with Gasteiger partial charge in [0.05, 0.1) is 19.7 Å². The molecule has 1 aromatic heterocycles. The largest absolute Gasteiger partial charge is 0.497 e. The van der Waals surface area contributed by atoms with Gasteiger partial charge in [-0.15, -0.1) is 5.10 Å². The summed E-state index contributed by atoms with van der Waals surface area (Å²) in [5, 5.41) is 11.2. The molecular formula is C31H28FN5O4. The van der Waals surface area contributed by atoms with E-state index in [1.807, 2.05) is 30.3 Å². The number of methoxy groups -OCH3 is 2. The van der Waals surface area contributed by atoms with Crippen molar-refractivity contribution in [3.8, 4) is 11.5 Å². The topological polar surface area (TPSA) is 98.6 Å². The summed E-state index contributed by atoms with van der Waals surface area (Å²) in [4.78, 5) is 29.4. The van der Waals surface area contributed by atoms with E-state index in [0.717, 1.165) is 5.56 Å². The maximum absolute atomic E-state index is 14.5. The first-order chi connectivity index (χ1) is 19.9. The number of nitrogens with one attached hydrogen (secondary N) is 1. The second kappa shape index (κ2) is 12.3. The van der Waals surface area contributed by atoms with Crippen LogP contribution in [0.1, 0.15) is 17.2 Å². The first-order valence-electron chi connectivity index (χ1n) is 12.9. The van der Waals surface area contributed by atoms with Crippen molar-refractivity contribution in [2.24, 2.45) is 0 Å². The molecule has 0 aliphatic rings. The number of amides is 2. The number of carbonyl (C=O) groups is 2. The number of hydrogen-bond donors (Lipinski definition) is 1. The number of carbonyl (C=O) groups excluding carboxylic acids is 2. The van der Waals surface area contributed by atoms with Gasteiger partial charge in [-0.25, -0.2) is 9.07 Å². The zero-order valence-electron chi connectivity index (χ0n) is 22.5. The van der Waals surface area contributed by atoms with Crippen LogP contribution >= 0.6 is 0 Å². The smallest absolute Gasteiger partial charge is 0.251 e. The van der Waals surface area contributed by atoms with Crippen LogP contribution in [0.15, 0.2) is 97.1 Å². The Morgan fingerprint density at radius 3 is 2.27 bits per heavy atom. The minimum atomic E-state index is -1.17. The number of hydrogen-bond acceptors (Lipinski definition) is 6. The van der Waals surface area contributed by atoms with E-state index in [1.54, 1.807) is 62.8 Å². The van der Waals surface area contributed by atoms with Crippen LogP contribution in [0.5, 0.6) is 11.5 Å². The molecule has 4 aromatic carbocycles. The van der Waals surface area contributed by atoms with Crippen LogP contribution in [0.2, 0.25) is 0 Å². The van der Waals surface area contributed by atoms with Gasteiger partial charge < -0.3 is 19.7 Å². The van der Waals surface area contributed by atoms with Crippen molar-refractivity contribution in [2.75, 3.05) is 19.5 Å². The second-order valence-corrected chi connectivity index (χ2v) is 9.28. The lowest BCUT2D eigenvalue weighted by Gasteiger charge is -2.31. The summed E-state index contributed by atoms with van der Waals surface area (Å²) < 4.78 is 26.4. The lowest BCUT2D eigenvalue weighted by Crippen LogP contribution is -2.42. The Bertz CT molecular complexity index is 1650. The lowest BCUT2D eigenvalue weighted by atomic mass is 10.0. The summed E-state index contributed by atoms with van der Waals surface area (Å²) in [6.45, 7) is -0.120. The minimum absolute atomic E-state index is 0.0622.